The van der Waals surface area contributed by atoms with Gasteiger partial charge in [0.15, 0.2) is 0 Å². The van der Waals surface area contributed by atoms with Crippen molar-refractivity contribution in [1.29, 1.82) is 0 Å². The lowest BCUT2D eigenvalue weighted by Crippen LogP contribution is -2.22. The molecule has 12 heavy (non-hydrogen) atoms. The average molecular weight is 168 g/mol. The number of aromatic nitrogens is 1. The number of esters is 1. The third-order valence-corrected chi connectivity index (χ3v) is 1.31. The third-order valence-electron chi connectivity index (χ3n) is 1.31. The maximum absolute atomic E-state index is 10.8. The molecule has 0 bridgehead atoms. The number of carbonyl (C=O) groups is 2. The van der Waals surface area contributed by atoms with Gasteiger partial charge in [-0.25, -0.2) is 4.79 Å². The second kappa shape index (κ2) is 3.08. The molecule has 0 aliphatic heterocycles. The monoisotopic (exact) mass is 168 g/mol. The van der Waals surface area contributed by atoms with E-state index in [-0.39, 0.29) is 11.4 Å². The number of carboxylic acid groups (broad SMARTS) is 1. The number of hydrogen-bond acceptors (Lipinski definition) is 4. The first-order chi connectivity index (χ1) is 5.65. The van der Waals surface area contributed by atoms with Crippen LogP contribution in [0.25, 0.3) is 0 Å². The summed E-state index contributed by atoms with van der Waals surface area (Å²) in [6, 6.07) is 2.55. The molecule has 0 radical (unpaired) electrons. The Bertz CT molecular complexity index is 315. The molecule has 1 heterocycles. The Hall–Kier alpha value is -1.78. The van der Waals surface area contributed by atoms with Gasteiger partial charge >= 0.3 is 5.97 Å². The van der Waals surface area contributed by atoms with Crippen LogP contribution in [-0.4, -0.2) is 24.0 Å². The van der Waals surface area contributed by atoms with Crippen LogP contribution in [0.1, 0.15) is 21.0 Å². The predicted octanol–water partition coefficient (Wildman–Crippen LogP) is -0.835. The van der Waals surface area contributed by atoms with E-state index < -0.39 is 11.9 Å². The van der Waals surface area contributed by atoms with Crippen LogP contribution in [0.3, 0.4) is 0 Å². The van der Waals surface area contributed by atoms with Crippen LogP contribution in [0.15, 0.2) is 12.1 Å². The van der Waals surface area contributed by atoms with Crippen molar-refractivity contribution in [2.24, 2.45) is 0 Å². The van der Waals surface area contributed by atoms with Crippen molar-refractivity contribution in [3.8, 4) is 0 Å². The van der Waals surface area contributed by atoms with E-state index in [0.717, 1.165) is 0 Å². The maximum Gasteiger partial charge on any atom is 0.354 e. The van der Waals surface area contributed by atoms with Crippen LogP contribution in [-0.2, 0) is 4.74 Å². The fraction of sp³-hybridized carbons (Fsp3) is 0.143. The zero-order chi connectivity index (χ0) is 9.14. The van der Waals surface area contributed by atoms with Crippen LogP contribution < -0.4 is 5.11 Å². The van der Waals surface area contributed by atoms with Crippen molar-refractivity contribution in [3.63, 3.8) is 0 Å². The number of carboxylic acids is 1. The standard InChI is InChI=1S/C7H7NO4/c1-12-7(11)5-3-2-4(8-5)6(9)10/h2-3,8H,1H3,(H,9,10)/p-1. The first kappa shape index (κ1) is 8.32. The SMILES string of the molecule is COC(=O)c1ccc(C(=O)[O-])[nH]1. The number of methoxy groups -OCH3 is 1. The average Bonchev–Trinajstić information content (AvgIpc) is 2.51. The van der Waals surface area contributed by atoms with Crippen LogP contribution in [0.2, 0.25) is 0 Å². The fourth-order valence-electron chi connectivity index (χ4n) is 0.743. The molecule has 0 amide bonds. The highest BCUT2D eigenvalue weighted by Crippen LogP contribution is 2.01. The molecular weight excluding hydrogens is 162 g/mol. The Morgan fingerprint density at radius 2 is 2.00 bits per heavy atom. The molecule has 0 fully saturated rings. The van der Waals surface area contributed by atoms with E-state index in [0.29, 0.717) is 0 Å². The number of nitrogens with one attached hydrogen (secondary N) is 1. The van der Waals surface area contributed by atoms with E-state index in [9.17, 15) is 14.7 Å². The number of rotatable bonds is 2. The van der Waals surface area contributed by atoms with Gasteiger partial charge in [-0.05, 0) is 12.1 Å². The largest absolute Gasteiger partial charge is 0.543 e. The van der Waals surface area contributed by atoms with Crippen molar-refractivity contribution in [3.05, 3.63) is 23.5 Å². The highest BCUT2D eigenvalue weighted by atomic mass is 16.5. The summed E-state index contributed by atoms with van der Waals surface area (Å²) in [7, 11) is 1.21. The predicted molar refractivity (Wildman–Crippen MR) is 36.5 cm³/mol. The Morgan fingerprint density at radius 3 is 2.42 bits per heavy atom. The summed E-state index contributed by atoms with van der Waals surface area (Å²) < 4.78 is 4.35. The molecule has 0 aliphatic rings. The molecule has 0 unspecified atom stereocenters. The van der Waals surface area contributed by atoms with Crippen molar-refractivity contribution in [2.45, 2.75) is 0 Å². The van der Waals surface area contributed by atoms with Gasteiger partial charge in [0.1, 0.15) is 5.69 Å². The third kappa shape index (κ3) is 1.45. The summed E-state index contributed by atoms with van der Waals surface area (Å²) in [4.78, 5) is 23.3. The van der Waals surface area contributed by atoms with Gasteiger partial charge in [-0.2, -0.15) is 0 Å². The molecule has 1 N–H and O–H groups in total. The van der Waals surface area contributed by atoms with E-state index in [1.165, 1.54) is 19.2 Å². The lowest BCUT2D eigenvalue weighted by molar-refractivity contribution is -0.255. The molecular formula is C7H6NO4-. The highest BCUT2D eigenvalue weighted by Gasteiger charge is 2.07. The molecule has 1 aromatic heterocycles. The Balaban J connectivity index is 2.91. The lowest BCUT2D eigenvalue weighted by Gasteiger charge is -1.96. The number of aromatic carboxylic acids is 1. The zero-order valence-electron chi connectivity index (χ0n) is 6.29. The Morgan fingerprint density at radius 1 is 1.42 bits per heavy atom. The van der Waals surface area contributed by atoms with E-state index in [4.69, 9.17) is 0 Å². The molecule has 0 saturated heterocycles. The molecule has 5 nitrogen and oxygen atoms in total. The quantitative estimate of drug-likeness (QED) is 0.584. The molecule has 0 atom stereocenters. The van der Waals surface area contributed by atoms with Gasteiger partial charge in [-0.3, -0.25) is 0 Å². The summed E-state index contributed by atoms with van der Waals surface area (Å²) in [5.74, 6) is -1.97. The minimum absolute atomic E-state index is 0.0942. The number of hydrogen-bond donors (Lipinski definition) is 1. The molecule has 0 saturated carbocycles. The second-order valence-electron chi connectivity index (χ2n) is 2.06. The Kier molecular flexibility index (Phi) is 2.14. The minimum Gasteiger partial charge on any atom is -0.543 e. The molecule has 0 spiro atoms. The first-order valence-corrected chi connectivity index (χ1v) is 3.14. The Labute approximate surface area is 68.0 Å². The molecule has 1 aromatic rings. The van der Waals surface area contributed by atoms with E-state index >= 15 is 0 Å². The number of ether oxygens (including phenoxy) is 1. The number of carbonyl (C=O) groups excluding carboxylic acids is 2. The van der Waals surface area contributed by atoms with Crippen LogP contribution >= 0.6 is 0 Å². The topological polar surface area (TPSA) is 82.2 Å². The van der Waals surface area contributed by atoms with Gasteiger partial charge in [0.2, 0.25) is 0 Å². The summed E-state index contributed by atoms with van der Waals surface area (Å²) in [6.07, 6.45) is 0. The lowest BCUT2D eigenvalue weighted by atomic mass is 10.4. The maximum atomic E-state index is 10.8. The molecule has 0 aromatic carbocycles. The smallest absolute Gasteiger partial charge is 0.354 e. The molecule has 64 valence electrons. The van der Waals surface area contributed by atoms with Gasteiger partial charge in [-0.1, -0.05) is 0 Å². The van der Waals surface area contributed by atoms with Crippen molar-refractivity contribution >= 4 is 11.9 Å². The fourth-order valence-corrected chi connectivity index (χ4v) is 0.743. The van der Waals surface area contributed by atoms with Gasteiger partial charge < -0.3 is 19.6 Å². The van der Waals surface area contributed by atoms with Crippen molar-refractivity contribution in [2.75, 3.05) is 7.11 Å². The van der Waals surface area contributed by atoms with Gasteiger partial charge in [0.05, 0.1) is 18.8 Å². The van der Waals surface area contributed by atoms with Gasteiger partial charge in [-0.15, -0.1) is 0 Å². The summed E-state index contributed by atoms with van der Waals surface area (Å²) >= 11 is 0. The number of H-pyrrole nitrogens is 1. The molecule has 0 aliphatic carbocycles. The van der Waals surface area contributed by atoms with Gasteiger partial charge in [0, 0.05) is 0 Å². The van der Waals surface area contributed by atoms with Crippen molar-refractivity contribution < 1.29 is 19.4 Å². The summed E-state index contributed by atoms with van der Waals surface area (Å²) in [6.45, 7) is 0. The summed E-state index contributed by atoms with van der Waals surface area (Å²) in [5.41, 5.74) is -0.0490. The van der Waals surface area contributed by atoms with Crippen LogP contribution in [0.4, 0.5) is 0 Å². The van der Waals surface area contributed by atoms with Crippen LogP contribution in [0.5, 0.6) is 0 Å². The first-order valence-electron chi connectivity index (χ1n) is 3.14. The van der Waals surface area contributed by atoms with Crippen molar-refractivity contribution in [1.82, 2.24) is 4.98 Å². The van der Waals surface area contributed by atoms with E-state index in [2.05, 4.69) is 9.72 Å². The molecule has 1 rings (SSSR count). The minimum atomic E-state index is -1.36. The van der Waals surface area contributed by atoms with E-state index in [1.54, 1.807) is 0 Å². The highest BCUT2D eigenvalue weighted by molar-refractivity contribution is 5.91. The van der Waals surface area contributed by atoms with Gasteiger partial charge in [0.25, 0.3) is 0 Å². The second-order valence-corrected chi connectivity index (χ2v) is 2.06. The normalized spacial score (nSPS) is 9.42. The van der Waals surface area contributed by atoms with E-state index in [1.807, 2.05) is 0 Å². The molecule has 5 heteroatoms. The number of aromatic amines is 1. The zero-order valence-corrected chi connectivity index (χ0v) is 6.29. The van der Waals surface area contributed by atoms with Crippen LogP contribution in [0, 0.1) is 0 Å². The summed E-state index contributed by atoms with van der Waals surface area (Å²) in [5, 5.41) is 10.2.